The molecular weight excluding hydrogens is 78.1 g/mol. The summed E-state index contributed by atoms with van der Waals surface area (Å²) in [5, 5.41) is 3.81. The van der Waals surface area contributed by atoms with Crippen molar-refractivity contribution in [3.63, 3.8) is 0 Å². The maximum atomic E-state index is 3.81. The summed E-state index contributed by atoms with van der Waals surface area (Å²) >= 11 is 0. The van der Waals surface area contributed by atoms with Crippen molar-refractivity contribution in [2.45, 2.75) is 0 Å². The predicted molar refractivity (Wildman–Crippen MR) is 18.8 cm³/mol. The Morgan fingerprint density at radius 1 is 1.67 bits per heavy atom. The van der Waals surface area contributed by atoms with Gasteiger partial charge in [0, 0.05) is 0 Å². The van der Waals surface area contributed by atoms with Crippen LogP contribution in [0.3, 0.4) is 0 Å². The van der Waals surface area contributed by atoms with Gasteiger partial charge in [0.2, 0.25) is 0 Å². The Bertz CT molecular complexity index is 142. The van der Waals surface area contributed by atoms with Crippen molar-refractivity contribution in [2.75, 3.05) is 0 Å². The van der Waals surface area contributed by atoms with E-state index < -0.39 is 0 Å². The first-order valence-electron chi connectivity index (χ1n) is 1.71. The maximum Gasteiger partial charge on any atom is 0.177 e. The van der Waals surface area contributed by atoms with E-state index in [1.165, 1.54) is 0 Å². The van der Waals surface area contributed by atoms with E-state index in [2.05, 4.69) is 10.1 Å². The van der Waals surface area contributed by atoms with Gasteiger partial charge in [0.1, 0.15) is 12.9 Å². The lowest BCUT2D eigenvalue weighted by atomic mass is 10.6. The van der Waals surface area contributed by atoms with Crippen LogP contribution >= 0.6 is 0 Å². The zero-order valence-electron chi connectivity index (χ0n) is 3.00. The molecule has 3 rings (SSSR count). The molecule has 0 fully saturated rings. The molecule has 2 aliphatic heterocycles. The number of aromatic nitrogens is 3. The third-order valence-corrected chi connectivity index (χ3v) is 0.774. The van der Waals surface area contributed by atoms with Gasteiger partial charge in [-0.15, -0.1) is 0 Å². The lowest BCUT2D eigenvalue weighted by Gasteiger charge is -1.97. The second-order valence-corrected chi connectivity index (χ2v) is 1.21. The number of hydrogen-bond donors (Lipinski definition) is 0. The Balaban J connectivity index is 2.95. The Hall–Kier alpha value is -0.860. The first-order chi connectivity index (χ1) is 2.95. The minimum atomic E-state index is 0.843. The molecule has 0 unspecified atom stereocenters. The Morgan fingerprint density at radius 2 is 2.50 bits per heavy atom. The molecular formula is C3H2N3. The molecule has 1 aromatic rings. The summed E-state index contributed by atoms with van der Waals surface area (Å²) in [6.45, 7) is 1.86. The van der Waals surface area contributed by atoms with E-state index in [-0.39, 0.29) is 0 Å². The summed E-state index contributed by atoms with van der Waals surface area (Å²) in [5.41, 5.74) is 0. The van der Waals surface area contributed by atoms with Crippen molar-refractivity contribution < 1.29 is 0 Å². The van der Waals surface area contributed by atoms with Crippen molar-refractivity contribution in [3.8, 4) is 0 Å². The van der Waals surface area contributed by atoms with E-state index in [9.17, 15) is 0 Å². The monoisotopic (exact) mass is 80.0 g/mol. The molecule has 0 spiro atoms. The minimum Gasteiger partial charge on any atom is -0.239 e. The highest BCUT2D eigenvalue weighted by atomic mass is 15.4. The van der Waals surface area contributed by atoms with Crippen LogP contribution in [0, 0.1) is 6.54 Å². The van der Waals surface area contributed by atoms with E-state index in [4.69, 9.17) is 0 Å². The van der Waals surface area contributed by atoms with Gasteiger partial charge in [0.25, 0.3) is 0 Å². The average molecular weight is 80.1 g/mol. The maximum absolute atomic E-state index is 3.81. The van der Waals surface area contributed by atoms with Crippen LogP contribution in [0.1, 0.15) is 5.82 Å². The van der Waals surface area contributed by atoms with Crippen LogP contribution in [0.15, 0.2) is 6.33 Å². The Kier molecular flexibility index (Phi) is 0.190. The van der Waals surface area contributed by atoms with Crippen LogP contribution in [-0.2, 0) is 0 Å². The molecule has 0 N–H and O–H groups in total. The Labute approximate surface area is 34.6 Å². The fourth-order valence-corrected chi connectivity index (χ4v) is 0.472. The molecule has 0 amide bonds. The van der Waals surface area contributed by atoms with Crippen molar-refractivity contribution in [1.29, 1.82) is 0 Å². The largest absolute Gasteiger partial charge is 0.239 e. The van der Waals surface area contributed by atoms with Gasteiger partial charge in [-0.25, -0.2) is 9.67 Å². The SMILES string of the molecule is [CH]1c2ncn1n2. The summed E-state index contributed by atoms with van der Waals surface area (Å²) < 4.78 is 1.68. The number of rotatable bonds is 0. The van der Waals surface area contributed by atoms with Gasteiger partial charge in [0.05, 0.1) is 0 Å². The first-order valence-corrected chi connectivity index (χ1v) is 1.71. The molecule has 3 heterocycles. The molecule has 0 saturated heterocycles. The summed E-state index contributed by atoms with van der Waals surface area (Å²) in [6.07, 6.45) is 1.68. The molecule has 2 bridgehead atoms. The van der Waals surface area contributed by atoms with E-state index in [1.54, 1.807) is 11.0 Å². The summed E-state index contributed by atoms with van der Waals surface area (Å²) in [7, 11) is 0. The van der Waals surface area contributed by atoms with Crippen LogP contribution in [-0.4, -0.2) is 14.8 Å². The van der Waals surface area contributed by atoms with Crippen LogP contribution in [0.25, 0.3) is 0 Å². The number of nitrogens with zero attached hydrogens (tertiary/aromatic N) is 3. The molecule has 1 radical (unpaired) electrons. The molecule has 0 saturated carbocycles. The third kappa shape index (κ3) is 0.0976. The fourth-order valence-electron chi connectivity index (χ4n) is 0.472. The van der Waals surface area contributed by atoms with E-state index >= 15 is 0 Å². The van der Waals surface area contributed by atoms with Crippen LogP contribution < -0.4 is 0 Å². The normalized spacial score (nSPS) is 14.0. The van der Waals surface area contributed by atoms with E-state index in [0.29, 0.717) is 0 Å². The first kappa shape index (κ1) is 2.34. The van der Waals surface area contributed by atoms with Gasteiger partial charge in [-0.2, -0.15) is 5.10 Å². The summed E-state index contributed by atoms with van der Waals surface area (Å²) in [5.74, 6) is 0.843. The number of hydrogen-bond acceptors (Lipinski definition) is 2. The molecule has 0 aromatic carbocycles. The Morgan fingerprint density at radius 3 is 2.67 bits per heavy atom. The summed E-state index contributed by atoms with van der Waals surface area (Å²) in [4.78, 5) is 3.81. The minimum absolute atomic E-state index is 0.843. The smallest absolute Gasteiger partial charge is 0.177 e. The average Bonchev–Trinajstić information content (AvgIpc) is 1.72. The van der Waals surface area contributed by atoms with Gasteiger partial charge in [-0.1, -0.05) is 0 Å². The zero-order valence-corrected chi connectivity index (χ0v) is 3.00. The van der Waals surface area contributed by atoms with Crippen molar-refractivity contribution in [3.05, 3.63) is 18.7 Å². The van der Waals surface area contributed by atoms with Crippen molar-refractivity contribution in [1.82, 2.24) is 14.8 Å². The second kappa shape index (κ2) is 0.489. The molecule has 0 aliphatic carbocycles. The van der Waals surface area contributed by atoms with E-state index in [0.717, 1.165) is 5.82 Å². The molecule has 29 valence electrons. The summed E-state index contributed by atoms with van der Waals surface area (Å²) in [6, 6.07) is 0. The van der Waals surface area contributed by atoms with Crippen LogP contribution in [0.5, 0.6) is 0 Å². The van der Waals surface area contributed by atoms with Crippen molar-refractivity contribution in [2.24, 2.45) is 0 Å². The lowest BCUT2D eigenvalue weighted by Crippen LogP contribution is -2.06. The molecule has 6 heavy (non-hydrogen) atoms. The second-order valence-electron chi connectivity index (χ2n) is 1.21. The highest BCUT2D eigenvalue weighted by Crippen LogP contribution is 2.04. The molecule has 3 nitrogen and oxygen atoms in total. The number of fused-ring (bicyclic) bond motifs is 1. The predicted octanol–water partition coefficient (Wildman–Crippen LogP) is -0.350. The van der Waals surface area contributed by atoms with Gasteiger partial charge in [-0.3, -0.25) is 0 Å². The zero-order chi connectivity index (χ0) is 3.98. The molecule has 0 atom stereocenters. The topological polar surface area (TPSA) is 30.7 Å². The van der Waals surface area contributed by atoms with Crippen molar-refractivity contribution >= 4 is 0 Å². The van der Waals surface area contributed by atoms with Gasteiger partial charge in [0.15, 0.2) is 5.82 Å². The van der Waals surface area contributed by atoms with E-state index in [1.807, 2.05) is 6.54 Å². The lowest BCUT2D eigenvalue weighted by molar-refractivity contribution is 0.722. The highest BCUT2D eigenvalue weighted by Gasteiger charge is 2.10. The van der Waals surface area contributed by atoms with Crippen LogP contribution in [0.2, 0.25) is 0 Å². The highest BCUT2D eigenvalue weighted by molar-refractivity contribution is 5.07. The molecule has 1 aromatic heterocycles. The van der Waals surface area contributed by atoms with Crippen LogP contribution in [0.4, 0.5) is 0 Å². The molecule has 3 heteroatoms. The fraction of sp³-hybridized carbons (Fsp3) is 0. The standard InChI is InChI=1S/C3H2N3/c1-3-4-2-6(1)5-3/h1-2H. The van der Waals surface area contributed by atoms with Gasteiger partial charge >= 0.3 is 0 Å². The molecule has 2 aliphatic rings. The van der Waals surface area contributed by atoms with Gasteiger partial charge < -0.3 is 0 Å². The van der Waals surface area contributed by atoms with Gasteiger partial charge in [-0.05, 0) is 0 Å². The quantitative estimate of drug-likeness (QED) is 0.433. The third-order valence-electron chi connectivity index (χ3n) is 0.774.